The summed E-state index contributed by atoms with van der Waals surface area (Å²) in [6.45, 7) is -1.90. The topological polar surface area (TPSA) is 203 Å². The van der Waals surface area contributed by atoms with E-state index >= 15 is 0 Å². The molecule has 280 valence electrons. The number of carbonyl (C=O) groups is 4. The van der Waals surface area contributed by atoms with Crippen molar-refractivity contribution < 1.29 is 41.8 Å². The van der Waals surface area contributed by atoms with Crippen molar-refractivity contribution >= 4 is 52.9 Å². The van der Waals surface area contributed by atoms with Gasteiger partial charge in [0.05, 0.1) is 18.8 Å². The number of carbonyl (C=O) groups excluding carboxylic acids is 4. The van der Waals surface area contributed by atoms with Crippen LogP contribution in [0, 0.1) is 0 Å². The second-order valence-electron chi connectivity index (χ2n) is 11.9. The molecule has 1 saturated carbocycles. The third-order valence-corrected chi connectivity index (χ3v) is 8.05. The van der Waals surface area contributed by atoms with Crippen LogP contribution in [0.5, 0.6) is 6.01 Å². The Bertz CT molecular complexity index is 1940. The van der Waals surface area contributed by atoms with Crippen LogP contribution in [0.15, 0.2) is 60.9 Å². The molecule has 4 aromatic rings. The lowest BCUT2D eigenvalue weighted by molar-refractivity contribution is -0.154. The number of nitrogens with one attached hydrogen (secondary N) is 5. The molecule has 1 aliphatic rings. The second-order valence-corrected chi connectivity index (χ2v) is 12.3. The smallest absolute Gasteiger partial charge is 0.422 e. The molecule has 0 spiro atoms. The number of ether oxygens (including phenoxy) is 2. The molecule has 5 N–H and O–H groups in total. The number of rotatable bonds is 15. The second kappa shape index (κ2) is 16.6. The van der Waals surface area contributed by atoms with Crippen LogP contribution in [0.25, 0.3) is 0 Å². The largest absolute Gasteiger partial charge is 0.467 e. The van der Waals surface area contributed by atoms with Crippen molar-refractivity contribution in [1.29, 1.82) is 0 Å². The Labute approximate surface area is 305 Å². The Morgan fingerprint density at radius 1 is 0.962 bits per heavy atom. The normalized spacial score (nSPS) is 13.6. The molecular formula is C33H34ClF3N10O6. The fourth-order valence-electron chi connectivity index (χ4n) is 4.96. The van der Waals surface area contributed by atoms with E-state index in [1.165, 1.54) is 24.3 Å². The molecule has 1 aliphatic carbocycles. The molecule has 0 aliphatic heterocycles. The van der Waals surface area contributed by atoms with Crippen LogP contribution in [-0.2, 0) is 38.1 Å². The highest BCUT2D eigenvalue weighted by Gasteiger charge is 2.45. The van der Waals surface area contributed by atoms with E-state index in [-0.39, 0.29) is 24.0 Å². The number of hydrogen-bond donors (Lipinski definition) is 5. The van der Waals surface area contributed by atoms with Gasteiger partial charge in [-0.05, 0) is 66.8 Å². The Kier molecular flexibility index (Phi) is 12.0. The summed E-state index contributed by atoms with van der Waals surface area (Å²) in [4.78, 5) is 62.3. The fourth-order valence-corrected chi connectivity index (χ4v) is 5.09. The third kappa shape index (κ3) is 11.0. The van der Waals surface area contributed by atoms with Gasteiger partial charge >= 0.3 is 30.0 Å². The molecular weight excluding hydrogens is 725 g/mol. The number of aromatic nitrogens is 5. The summed E-state index contributed by atoms with van der Waals surface area (Å²) < 4.78 is 50.0. The van der Waals surface area contributed by atoms with Crippen LogP contribution in [0.1, 0.15) is 34.3 Å². The summed E-state index contributed by atoms with van der Waals surface area (Å²) in [6.07, 6.45) is 0.618. The van der Waals surface area contributed by atoms with Crippen LogP contribution in [0.3, 0.4) is 0 Å². The number of anilines is 3. The highest BCUT2D eigenvalue weighted by molar-refractivity contribution is 6.35. The van der Waals surface area contributed by atoms with Crippen LogP contribution >= 0.6 is 11.6 Å². The average Bonchev–Trinajstić information content (AvgIpc) is 3.78. The molecule has 0 saturated heterocycles. The van der Waals surface area contributed by atoms with Gasteiger partial charge in [0.2, 0.25) is 11.9 Å². The van der Waals surface area contributed by atoms with Crippen LogP contribution in [0.4, 0.5) is 30.8 Å². The lowest BCUT2D eigenvalue weighted by Gasteiger charge is -2.19. The number of alkyl halides is 3. The summed E-state index contributed by atoms with van der Waals surface area (Å²) in [7, 11) is 2.85. The summed E-state index contributed by atoms with van der Waals surface area (Å²) >= 11 is 6.02. The lowest BCUT2D eigenvalue weighted by Crippen LogP contribution is -2.51. The van der Waals surface area contributed by atoms with E-state index in [0.29, 0.717) is 30.0 Å². The minimum absolute atomic E-state index is 0.0358. The lowest BCUT2D eigenvalue weighted by atomic mass is 10.1. The third-order valence-electron chi connectivity index (χ3n) is 7.80. The highest BCUT2D eigenvalue weighted by Crippen LogP contribution is 2.48. The summed E-state index contributed by atoms with van der Waals surface area (Å²) in [5, 5.41) is 17.8. The van der Waals surface area contributed by atoms with E-state index in [1.807, 2.05) is 12.1 Å². The van der Waals surface area contributed by atoms with Gasteiger partial charge < -0.3 is 36.1 Å². The van der Waals surface area contributed by atoms with Crippen LogP contribution in [0.2, 0.25) is 5.02 Å². The first-order chi connectivity index (χ1) is 25.2. The fraction of sp³-hybridized carbons (Fsp3) is 0.333. The first-order valence-electron chi connectivity index (χ1n) is 16.0. The molecule has 0 unspecified atom stereocenters. The van der Waals surface area contributed by atoms with E-state index in [1.54, 1.807) is 36.3 Å². The number of benzene rings is 2. The maximum absolute atomic E-state index is 13.0. The molecule has 0 radical (unpaired) electrons. The Balaban J connectivity index is 1.20. The van der Waals surface area contributed by atoms with Crippen molar-refractivity contribution in [2.75, 3.05) is 37.4 Å². The van der Waals surface area contributed by atoms with Crippen molar-refractivity contribution in [2.24, 2.45) is 7.05 Å². The summed E-state index contributed by atoms with van der Waals surface area (Å²) in [5.74, 6) is -3.72. The van der Waals surface area contributed by atoms with E-state index in [9.17, 15) is 32.3 Å². The maximum atomic E-state index is 13.0. The van der Waals surface area contributed by atoms with Crippen molar-refractivity contribution in [3.05, 3.63) is 82.6 Å². The molecule has 0 bridgehead atoms. The van der Waals surface area contributed by atoms with Crippen LogP contribution in [-0.4, -0.2) is 87.4 Å². The quantitative estimate of drug-likeness (QED) is 0.0878. The molecule has 2 aromatic heterocycles. The molecule has 5 rings (SSSR count). The van der Waals surface area contributed by atoms with Crippen molar-refractivity contribution in [3.63, 3.8) is 0 Å². The van der Waals surface area contributed by atoms with Gasteiger partial charge in [-0.2, -0.15) is 33.2 Å². The Hall–Kier alpha value is -5.98. The predicted octanol–water partition coefficient (Wildman–Crippen LogP) is 2.79. The molecule has 16 nitrogen and oxygen atoms in total. The molecule has 20 heteroatoms. The van der Waals surface area contributed by atoms with Crippen molar-refractivity contribution in [1.82, 2.24) is 40.7 Å². The molecule has 2 aromatic carbocycles. The minimum atomic E-state index is -4.64. The standard InChI is InChI=1S/C33H34ClF3N10O6/c1-47-17-19(15-40-47)11-14-38-26(49)27(50)39-16-24(28(51)52-2)42-25(48)20-3-9-23(10-4-20)41-29-43-30(45-31(44-29)53-18-33(35,36)37)46-32(12-13-32)21-5-7-22(34)8-6-21/h3-10,15,17,24H,11-14,16,18H2,1-2H3,(H,38,49)(H,39,50)(H,42,48)(H2,41,43,44,45,46)/t24-/m0/s1. The van der Waals surface area contributed by atoms with E-state index in [0.717, 1.165) is 18.2 Å². The van der Waals surface area contributed by atoms with Crippen LogP contribution < -0.4 is 31.3 Å². The average molecular weight is 759 g/mol. The van der Waals surface area contributed by atoms with Gasteiger partial charge in [-0.15, -0.1) is 0 Å². The zero-order chi connectivity index (χ0) is 38.2. The summed E-state index contributed by atoms with van der Waals surface area (Å²) in [6, 6.07) is 10.9. The first-order valence-corrected chi connectivity index (χ1v) is 16.4. The predicted molar refractivity (Wildman–Crippen MR) is 183 cm³/mol. The maximum Gasteiger partial charge on any atom is 0.422 e. The number of methoxy groups -OCH3 is 1. The molecule has 1 fully saturated rings. The SMILES string of the molecule is COC(=O)[C@H](CNC(=O)C(=O)NCCc1cnn(C)c1)NC(=O)c1ccc(Nc2nc(NC3(c4ccc(Cl)cc4)CC3)nc(OCC(F)(F)F)n2)cc1. The molecule has 2 heterocycles. The molecule has 1 atom stereocenters. The van der Waals surface area contributed by atoms with E-state index in [4.69, 9.17) is 21.1 Å². The van der Waals surface area contributed by atoms with Crippen molar-refractivity contribution in [3.8, 4) is 6.01 Å². The number of hydrogen-bond acceptors (Lipinski definition) is 12. The number of aryl methyl sites for hydroxylation is 1. The van der Waals surface area contributed by atoms with Gasteiger partial charge in [0.15, 0.2) is 6.61 Å². The molecule has 3 amide bonds. The Morgan fingerprint density at radius 2 is 1.64 bits per heavy atom. The first kappa shape index (κ1) is 38.3. The van der Waals surface area contributed by atoms with Gasteiger partial charge in [0.1, 0.15) is 6.04 Å². The number of nitrogens with zero attached hydrogens (tertiary/aromatic N) is 5. The minimum Gasteiger partial charge on any atom is -0.467 e. The van der Waals surface area contributed by atoms with Gasteiger partial charge in [0, 0.05) is 42.6 Å². The number of amides is 3. The zero-order valence-electron chi connectivity index (χ0n) is 28.3. The monoisotopic (exact) mass is 758 g/mol. The summed E-state index contributed by atoms with van der Waals surface area (Å²) in [5.41, 5.74) is 1.62. The van der Waals surface area contributed by atoms with E-state index < -0.39 is 60.6 Å². The number of esters is 1. The van der Waals surface area contributed by atoms with Gasteiger partial charge in [0.25, 0.3) is 5.91 Å². The van der Waals surface area contributed by atoms with E-state index in [2.05, 4.69) is 46.6 Å². The molecule has 53 heavy (non-hydrogen) atoms. The van der Waals surface area contributed by atoms with Gasteiger partial charge in [-0.3, -0.25) is 19.1 Å². The Morgan fingerprint density at radius 3 is 2.26 bits per heavy atom. The number of halogens is 4. The van der Waals surface area contributed by atoms with Gasteiger partial charge in [-0.25, -0.2) is 4.79 Å². The van der Waals surface area contributed by atoms with Crippen molar-refractivity contribution in [2.45, 2.75) is 37.0 Å². The highest BCUT2D eigenvalue weighted by atomic mass is 35.5. The van der Waals surface area contributed by atoms with Gasteiger partial charge in [-0.1, -0.05) is 23.7 Å². The zero-order valence-corrected chi connectivity index (χ0v) is 29.0.